The van der Waals surface area contributed by atoms with Gasteiger partial charge in [-0.25, -0.2) is 0 Å². The summed E-state index contributed by atoms with van der Waals surface area (Å²) < 4.78 is 0. The van der Waals surface area contributed by atoms with Crippen LogP contribution in [0.5, 0.6) is 0 Å². The third-order valence-electron chi connectivity index (χ3n) is 3.15. The first-order valence-electron chi connectivity index (χ1n) is 6.42. The van der Waals surface area contributed by atoms with E-state index in [1.807, 2.05) is 36.4 Å². The molecule has 0 fully saturated rings. The zero-order valence-corrected chi connectivity index (χ0v) is 10.8. The molecular formula is C19H12O. The van der Waals surface area contributed by atoms with E-state index in [0.717, 1.165) is 22.8 Å². The molecule has 0 heterocycles. The van der Waals surface area contributed by atoms with Gasteiger partial charge in [0.15, 0.2) is 0 Å². The number of hydrogen-bond acceptors (Lipinski definition) is 1. The van der Waals surface area contributed by atoms with Crippen molar-refractivity contribution in [3.8, 4) is 11.8 Å². The van der Waals surface area contributed by atoms with Crippen molar-refractivity contribution in [3.63, 3.8) is 0 Å². The minimum absolute atomic E-state index is 0.648. The first-order chi connectivity index (χ1) is 9.86. The lowest BCUT2D eigenvalue weighted by molar-refractivity contribution is 0.112. The number of rotatable bonds is 1. The second kappa shape index (κ2) is 5.42. The molecule has 0 spiro atoms. The smallest absolute Gasteiger partial charge is 0.150 e. The van der Waals surface area contributed by atoms with Gasteiger partial charge in [0.05, 0.1) is 0 Å². The van der Waals surface area contributed by atoms with E-state index >= 15 is 0 Å². The van der Waals surface area contributed by atoms with Crippen LogP contribution in [-0.2, 0) is 0 Å². The van der Waals surface area contributed by atoms with Gasteiger partial charge in [-0.2, -0.15) is 0 Å². The molecule has 0 atom stereocenters. The average molecular weight is 256 g/mol. The molecule has 0 aliphatic rings. The highest BCUT2D eigenvalue weighted by Crippen LogP contribution is 2.17. The molecule has 3 aromatic rings. The zero-order chi connectivity index (χ0) is 13.8. The topological polar surface area (TPSA) is 17.1 Å². The van der Waals surface area contributed by atoms with E-state index in [4.69, 9.17) is 0 Å². The molecule has 0 aliphatic carbocycles. The molecule has 0 saturated heterocycles. The molecule has 0 radical (unpaired) electrons. The monoisotopic (exact) mass is 256 g/mol. The van der Waals surface area contributed by atoms with Gasteiger partial charge in [0, 0.05) is 16.7 Å². The highest BCUT2D eigenvalue weighted by atomic mass is 16.1. The first kappa shape index (κ1) is 12.2. The summed E-state index contributed by atoms with van der Waals surface area (Å²) in [5, 5.41) is 2.33. The standard InChI is InChI=1S/C19H12O/c20-14-16-6-3-5-15(13-16)11-12-18-9-4-8-17-7-1-2-10-19(17)18/h1-10,13-14H. The van der Waals surface area contributed by atoms with Gasteiger partial charge >= 0.3 is 0 Å². The Kier molecular flexibility index (Phi) is 3.31. The molecule has 0 unspecified atom stereocenters. The fourth-order valence-electron chi connectivity index (χ4n) is 2.16. The highest BCUT2D eigenvalue weighted by molar-refractivity contribution is 5.88. The van der Waals surface area contributed by atoms with Crippen LogP contribution in [0.2, 0.25) is 0 Å². The van der Waals surface area contributed by atoms with Gasteiger partial charge in [-0.3, -0.25) is 4.79 Å². The van der Waals surface area contributed by atoms with Crippen molar-refractivity contribution < 1.29 is 4.79 Å². The lowest BCUT2D eigenvalue weighted by Crippen LogP contribution is -1.82. The Morgan fingerprint density at radius 2 is 1.60 bits per heavy atom. The zero-order valence-electron chi connectivity index (χ0n) is 10.8. The summed E-state index contributed by atoms with van der Waals surface area (Å²) in [5.41, 5.74) is 2.50. The Morgan fingerprint density at radius 1 is 0.800 bits per heavy atom. The van der Waals surface area contributed by atoms with Crippen LogP contribution in [0.4, 0.5) is 0 Å². The lowest BCUT2D eigenvalue weighted by atomic mass is 10.0. The summed E-state index contributed by atoms with van der Waals surface area (Å²) >= 11 is 0. The van der Waals surface area contributed by atoms with Gasteiger partial charge in [0.25, 0.3) is 0 Å². The quantitative estimate of drug-likeness (QED) is 0.474. The molecule has 0 bridgehead atoms. The maximum absolute atomic E-state index is 10.8. The minimum Gasteiger partial charge on any atom is -0.298 e. The van der Waals surface area contributed by atoms with E-state index in [9.17, 15) is 4.79 Å². The van der Waals surface area contributed by atoms with Crippen molar-refractivity contribution in [1.82, 2.24) is 0 Å². The van der Waals surface area contributed by atoms with Crippen molar-refractivity contribution in [2.75, 3.05) is 0 Å². The fourth-order valence-corrected chi connectivity index (χ4v) is 2.16. The molecule has 1 nitrogen and oxygen atoms in total. The van der Waals surface area contributed by atoms with E-state index in [2.05, 4.69) is 30.0 Å². The second-order valence-corrected chi connectivity index (χ2v) is 4.52. The normalized spacial score (nSPS) is 9.80. The number of carbonyl (C=O) groups is 1. The van der Waals surface area contributed by atoms with Crippen molar-refractivity contribution >= 4 is 17.1 Å². The summed E-state index contributed by atoms with van der Waals surface area (Å²) in [4.78, 5) is 10.8. The minimum atomic E-state index is 0.648. The molecule has 0 aromatic heterocycles. The maximum Gasteiger partial charge on any atom is 0.150 e. The predicted molar refractivity (Wildman–Crippen MR) is 81.8 cm³/mol. The van der Waals surface area contributed by atoms with Crippen molar-refractivity contribution in [2.45, 2.75) is 0 Å². The van der Waals surface area contributed by atoms with E-state index in [1.165, 1.54) is 5.39 Å². The summed E-state index contributed by atoms with van der Waals surface area (Å²) in [6, 6.07) is 21.6. The van der Waals surface area contributed by atoms with Crippen LogP contribution in [0.25, 0.3) is 10.8 Å². The molecule has 3 aromatic carbocycles. The number of fused-ring (bicyclic) bond motifs is 1. The van der Waals surface area contributed by atoms with Crippen LogP contribution >= 0.6 is 0 Å². The van der Waals surface area contributed by atoms with E-state index in [-0.39, 0.29) is 0 Å². The molecule has 0 aliphatic heterocycles. The highest BCUT2D eigenvalue weighted by Gasteiger charge is 1.96. The molecule has 94 valence electrons. The van der Waals surface area contributed by atoms with Gasteiger partial charge in [0.1, 0.15) is 6.29 Å². The summed E-state index contributed by atoms with van der Waals surface area (Å²) in [7, 11) is 0. The van der Waals surface area contributed by atoms with Crippen LogP contribution in [0, 0.1) is 11.8 Å². The van der Waals surface area contributed by atoms with Gasteiger partial charge in [-0.15, -0.1) is 0 Å². The SMILES string of the molecule is O=Cc1cccc(C#Cc2cccc3ccccc23)c1. The second-order valence-electron chi connectivity index (χ2n) is 4.52. The van der Waals surface area contributed by atoms with E-state index in [0.29, 0.717) is 5.56 Å². The average Bonchev–Trinajstić information content (AvgIpc) is 2.53. The Balaban J connectivity index is 2.05. The third kappa shape index (κ3) is 2.46. The molecule has 20 heavy (non-hydrogen) atoms. The van der Waals surface area contributed by atoms with Crippen LogP contribution < -0.4 is 0 Å². The van der Waals surface area contributed by atoms with Crippen LogP contribution in [-0.4, -0.2) is 6.29 Å². The number of hydrogen-bond donors (Lipinski definition) is 0. The molecule has 3 rings (SSSR count). The third-order valence-corrected chi connectivity index (χ3v) is 3.15. The van der Waals surface area contributed by atoms with E-state index in [1.54, 1.807) is 12.1 Å². The van der Waals surface area contributed by atoms with Gasteiger partial charge < -0.3 is 0 Å². The fraction of sp³-hybridized carbons (Fsp3) is 0. The Hall–Kier alpha value is -2.85. The van der Waals surface area contributed by atoms with Crippen LogP contribution in [0.15, 0.2) is 66.7 Å². The first-order valence-corrected chi connectivity index (χ1v) is 6.42. The van der Waals surface area contributed by atoms with E-state index < -0.39 is 0 Å². The van der Waals surface area contributed by atoms with Gasteiger partial charge in [0.2, 0.25) is 0 Å². The number of aldehydes is 1. The summed E-state index contributed by atoms with van der Waals surface area (Å²) in [5.74, 6) is 6.31. The summed E-state index contributed by atoms with van der Waals surface area (Å²) in [6.45, 7) is 0. The predicted octanol–water partition coefficient (Wildman–Crippen LogP) is 4.05. The number of benzene rings is 3. The van der Waals surface area contributed by atoms with Crippen LogP contribution in [0.1, 0.15) is 21.5 Å². The van der Waals surface area contributed by atoms with Crippen LogP contribution in [0.3, 0.4) is 0 Å². The lowest BCUT2D eigenvalue weighted by Gasteiger charge is -1.99. The van der Waals surface area contributed by atoms with Crippen molar-refractivity contribution in [2.24, 2.45) is 0 Å². The molecular weight excluding hydrogens is 244 g/mol. The Bertz CT molecular complexity index is 830. The van der Waals surface area contributed by atoms with Crippen molar-refractivity contribution in [1.29, 1.82) is 0 Å². The van der Waals surface area contributed by atoms with Crippen molar-refractivity contribution in [3.05, 3.63) is 83.4 Å². The van der Waals surface area contributed by atoms with Gasteiger partial charge in [-0.05, 0) is 29.0 Å². The Morgan fingerprint density at radius 3 is 2.50 bits per heavy atom. The Labute approximate surface area is 117 Å². The molecule has 0 amide bonds. The maximum atomic E-state index is 10.8. The number of carbonyl (C=O) groups excluding carboxylic acids is 1. The largest absolute Gasteiger partial charge is 0.298 e. The molecule has 1 heteroatoms. The molecule has 0 N–H and O–H groups in total. The summed E-state index contributed by atoms with van der Waals surface area (Å²) in [6.07, 6.45) is 0.836. The molecule has 0 saturated carbocycles. The van der Waals surface area contributed by atoms with Gasteiger partial charge in [-0.1, -0.05) is 60.4 Å².